The van der Waals surface area contributed by atoms with E-state index >= 15 is 0 Å². The Morgan fingerprint density at radius 2 is 1.33 bits per heavy atom. The maximum atomic E-state index is 14.3. The summed E-state index contributed by atoms with van der Waals surface area (Å²) in [5, 5.41) is 10.4. The van der Waals surface area contributed by atoms with E-state index in [9.17, 15) is 19.2 Å². The summed E-state index contributed by atoms with van der Waals surface area (Å²) in [6.45, 7) is 2.29. The summed E-state index contributed by atoms with van der Waals surface area (Å²) in [6, 6.07) is 36.3. The van der Waals surface area contributed by atoms with Gasteiger partial charge in [-0.05, 0) is 64.7 Å². The van der Waals surface area contributed by atoms with E-state index in [-0.39, 0.29) is 36.2 Å². The lowest BCUT2D eigenvalue weighted by atomic mass is 9.89. The third-order valence-electron chi connectivity index (χ3n) is 9.60. The van der Waals surface area contributed by atoms with Crippen LogP contribution in [0.5, 0.6) is 0 Å². The van der Waals surface area contributed by atoms with Gasteiger partial charge in [0.1, 0.15) is 5.78 Å². The molecule has 0 aliphatic carbocycles. The minimum Gasteiger partial charge on any atom is -0.346 e. The van der Waals surface area contributed by atoms with Crippen molar-refractivity contribution < 1.29 is 19.2 Å². The van der Waals surface area contributed by atoms with Gasteiger partial charge in [0.2, 0.25) is 11.8 Å². The van der Waals surface area contributed by atoms with Crippen LogP contribution in [0, 0.1) is 11.8 Å². The molecular weight excluding hydrogens is 667 g/mol. The van der Waals surface area contributed by atoms with E-state index in [0.717, 1.165) is 38.8 Å². The van der Waals surface area contributed by atoms with Crippen LogP contribution in [-0.4, -0.2) is 36.0 Å². The molecule has 4 aromatic carbocycles. The van der Waals surface area contributed by atoms with Gasteiger partial charge in [-0.25, -0.2) is 0 Å². The van der Waals surface area contributed by atoms with E-state index < -0.39 is 23.9 Å². The Labute approximate surface area is 311 Å². The molecule has 2 amide bonds. The maximum absolute atomic E-state index is 14.3. The summed E-state index contributed by atoms with van der Waals surface area (Å²) >= 11 is 1.52. The summed E-state index contributed by atoms with van der Waals surface area (Å²) in [4.78, 5) is 56.2. The van der Waals surface area contributed by atoms with Gasteiger partial charge in [0.05, 0.1) is 12.1 Å². The highest BCUT2D eigenvalue weighted by Gasteiger charge is 2.32. The van der Waals surface area contributed by atoms with Crippen molar-refractivity contribution in [3.05, 3.63) is 142 Å². The van der Waals surface area contributed by atoms with Crippen LogP contribution in [0.3, 0.4) is 0 Å². The van der Waals surface area contributed by atoms with Crippen molar-refractivity contribution in [1.29, 1.82) is 0 Å². The Kier molecular flexibility index (Phi) is 14.5. The minimum atomic E-state index is -0.856. The first-order valence-electron chi connectivity index (χ1n) is 18.3. The Morgan fingerprint density at radius 3 is 1.96 bits per heavy atom. The second-order valence-electron chi connectivity index (χ2n) is 13.4. The lowest BCUT2D eigenvalue weighted by Crippen LogP contribution is -2.47. The number of nitrogens with one attached hydrogen (secondary N) is 2. The predicted molar refractivity (Wildman–Crippen MR) is 210 cm³/mol. The number of carbonyl (C=O) groups is 4. The SMILES string of the molecule is CCC(=O)C[C@@H](Cc1ccc2ccccc2c1)C(=O)N[C@@H](Cc1cccs1)C(=O)C[C@@H](CCCCN)C(=O)NC(c1ccccc1)c1ccccc1. The van der Waals surface area contributed by atoms with Gasteiger partial charge >= 0.3 is 0 Å². The second-order valence-corrected chi connectivity index (χ2v) is 14.5. The van der Waals surface area contributed by atoms with E-state index in [4.69, 9.17) is 5.73 Å². The first-order valence-corrected chi connectivity index (χ1v) is 19.2. The van der Waals surface area contributed by atoms with Gasteiger partial charge in [-0.3, -0.25) is 19.2 Å². The highest BCUT2D eigenvalue weighted by atomic mass is 32.1. The molecule has 1 aromatic heterocycles. The molecule has 0 aliphatic heterocycles. The van der Waals surface area contributed by atoms with E-state index in [1.54, 1.807) is 6.92 Å². The number of ketones is 2. The molecule has 5 rings (SSSR count). The lowest BCUT2D eigenvalue weighted by Gasteiger charge is -2.26. The molecule has 7 nitrogen and oxygen atoms in total. The van der Waals surface area contributed by atoms with Crippen LogP contribution in [0.4, 0.5) is 0 Å². The summed E-state index contributed by atoms with van der Waals surface area (Å²) in [5.74, 6) is -2.03. The Hall–Kier alpha value is -4.92. The summed E-state index contributed by atoms with van der Waals surface area (Å²) in [7, 11) is 0. The number of amides is 2. The minimum absolute atomic E-state index is 0.00917. The quantitative estimate of drug-likeness (QED) is 0.0712. The number of benzene rings is 4. The molecule has 270 valence electrons. The fourth-order valence-electron chi connectivity index (χ4n) is 6.65. The number of nitrogens with two attached hydrogens (primary N) is 1. The molecule has 0 radical (unpaired) electrons. The van der Waals surface area contributed by atoms with Gasteiger partial charge in [-0.15, -0.1) is 11.3 Å². The molecule has 0 saturated carbocycles. The zero-order valence-electron chi connectivity index (χ0n) is 29.8. The van der Waals surface area contributed by atoms with Crippen molar-refractivity contribution in [2.45, 2.75) is 70.4 Å². The number of thiophene rings is 1. The van der Waals surface area contributed by atoms with Crippen molar-refractivity contribution >= 4 is 45.5 Å². The van der Waals surface area contributed by atoms with E-state index in [1.165, 1.54) is 11.3 Å². The van der Waals surface area contributed by atoms with Gasteiger partial charge in [-0.1, -0.05) is 123 Å². The predicted octanol–water partition coefficient (Wildman–Crippen LogP) is 7.77. The van der Waals surface area contributed by atoms with Crippen molar-refractivity contribution in [2.24, 2.45) is 17.6 Å². The average Bonchev–Trinajstić information content (AvgIpc) is 3.69. The summed E-state index contributed by atoms with van der Waals surface area (Å²) in [5.41, 5.74) is 8.65. The van der Waals surface area contributed by atoms with Crippen molar-refractivity contribution in [3.63, 3.8) is 0 Å². The number of hydrogen-bond acceptors (Lipinski definition) is 6. The maximum Gasteiger partial charge on any atom is 0.224 e. The highest BCUT2D eigenvalue weighted by molar-refractivity contribution is 7.09. The van der Waals surface area contributed by atoms with Gasteiger partial charge in [0.25, 0.3) is 0 Å². The Balaban J connectivity index is 1.37. The smallest absolute Gasteiger partial charge is 0.224 e. The molecular formula is C44H49N3O4S. The van der Waals surface area contributed by atoms with Crippen LogP contribution in [0.1, 0.15) is 73.1 Å². The molecule has 0 saturated heterocycles. The van der Waals surface area contributed by atoms with Crippen molar-refractivity contribution in [3.8, 4) is 0 Å². The first-order chi connectivity index (χ1) is 25.3. The summed E-state index contributed by atoms with van der Waals surface area (Å²) in [6.07, 6.45) is 2.96. The third-order valence-corrected chi connectivity index (χ3v) is 10.5. The molecule has 0 unspecified atom stereocenters. The van der Waals surface area contributed by atoms with Crippen LogP contribution in [0.25, 0.3) is 10.8 Å². The second kappa shape index (κ2) is 19.6. The first kappa shape index (κ1) is 38.3. The largest absolute Gasteiger partial charge is 0.346 e. The molecule has 52 heavy (non-hydrogen) atoms. The average molecular weight is 716 g/mol. The number of hydrogen-bond donors (Lipinski definition) is 3. The van der Waals surface area contributed by atoms with Gasteiger partial charge in [-0.2, -0.15) is 0 Å². The van der Waals surface area contributed by atoms with Crippen LogP contribution in [0.15, 0.2) is 121 Å². The van der Waals surface area contributed by atoms with Gasteiger partial charge in [0.15, 0.2) is 5.78 Å². The molecule has 8 heteroatoms. The number of rotatable bonds is 20. The van der Waals surface area contributed by atoms with Crippen LogP contribution >= 0.6 is 11.3 Å². The molecule has 1 heterocycles. The van der Waals surface area contributed by atoms with Gasteiger partial charge < -0.3 is 16.4 Å². The topological polar surface area (TPSA) is 118 Å². The van der Waals surface area contributed by atoms with Crippen molar-refractivity contribution in [2.75, 3.05) is 6.54 Å². The fourth-order valence-corrected chi connectivity index (χ4v) is 7.40. The van der Waals surface area contributed by atoms with Crippen molar-refractivity contribution in [1.82, 2.24) is 10.6 Å². The zero-order valence-corrected chi connectivity index (χ0v) is 30.7. The number of unbranched alkanes of at least 4 members (excludes halogenated alkanes) is 1. The standard InChI is InChI=1S/C44H49N3O4S/c1-2-38(48)28-37(27-31-22-23-32-14-9-10-19-35(32)26-31)44(51)46-40(30-39-21-13-25-52-39)41(49)29-36(20-11-12-24-45)43(50)47-42(33-15-5-3-6-16-33)34-17-7-4-8-18-34/h3-10,13-19,21-23,25-26,36-37,40,42H,2,11-12,20,24,27-30,45H2,1H3,(H,46,51)(H,47,50)/t36-,37-,40+/m1/s1. The van der Waals surface area contributed by atoms with Crippen LogP contribution < -0.4 is 16.4 Å². The number of carbonyl (C=O) groups excluding carboxylic acids is 4. The number of Topliss-reactive ketones (excluding diaryl/α,β-unsaturated/α-hetero) is 2. The van der Waals surface area contributed by atoms with E-state index in [1.807, 2.05) is 115 Å². The zero-order chi connectivity index (χ0) is 36.7. The molecule has 0 fully saturated rings. The highest BCUT2D eigenvalue weighted by Crippen LogP contribution is 2.26. The Bertz CT molecular complexity index is 1860. The van der Waals surface area contributed by atoms with Crippen LogP contribution in [-0.2, 0) is 32.0 Å². The lowest BCUT2D eigenvalue weighted by molar-refractivity contribution is -0.134. The summed E-state index contributed by atoms with van der Waals surface area (Å²) < 4.78 is 0. The number of fused-ring (bicyclic) bond motifs is 1. The molecule has 0 aliphatic rings. The van der Waals surface area contributed by atoms with E-state index in [2.05, 4.69) is 16.7 Å². The molecule has 3 atom stereocenters. The fraction of sp³-hybridized carbons (Fsp3) is 0.318. The monoisotopic (exact) mass is 715 g/mol. The molecule has 5 aromatic rings. The normalized spacial score (nSPS) is 13.0. The van der Waals surface area contributed by atoms with Gasteiger partial charge in [0, 0.05) is 42.4 Å². The molecule has 0 spiro atoms. The van der Waals surface area contributed by atoms with Crippen LogP contribution in [0.2, 0.25) is 0 Å². The molecule has 4 N–H and O–H groups in total. The Morgan fingerprint density at radius 1 is 0.673 bits per heavy atom. The third kappa shape index (κ3) is 11.0. The molecule has 0 bridgehead atoms. The van der Waals surface area contributed by atoms with E-state index in [0.29, 0.717) is 38.6 Å².